The van der Waals surface area contributed by atoms with Gasteiger partial charge in [0.15, 0.2) is 0 Å². The van der Waals surface area contributed by atoms with E-state index in [9.17, 15) is 0 Å². The van der Waals surface area contributed by atoms with Gasteiger partial charge in [0.1, 0.15) is 0 Å². The van der Waals surface area contributed by atoms with Crippen LogP contribution in [0.2, 0.25) is 0 Å². The summed E-state index contributed by atoms with van der Waals surface area (Å²) in [6.45, 7) is 0. The summed E-state index contributed by atoms with van der Waals surface area (Å²) >= 11 is 0. The molecule has 34 valence electrons. The third-order valence-electron chi connectivity index (χ3n) is 0. The van der Waals surface area contributed by atoms with E-state index in [0.29, 0.717) is 0 Å². The van der Waals surface area contributed by atoms with E-state index in [2.05, 4.69) is 0 Å². The van der Waals surface area contributed by atoms with Gasteiger partial charge in [0.2, 0.25) is 0 Å². The Bertz CT molecular complexity index is 17.2. The fourth-order valence-corrected chi connectivity index (χ4v) is 0. The van der Waals surface area contributed by atoms with Crippen LogP contribution >= 0.6 is 0 Å². The summed E-state index contributed by atoms with van der Waals surface area (Å²) in [5.74, 6) is 0. The van der Waals surface area contributed by atoms with Crippen molar-refractivity contribution >= 4 is 105 Å². The predicted molar refractivity (Wildman–Crippen MR) is 39.6 cm³/mol. The quantitative estimate of drug-likeness (QED) is 0.320. The van der Waals surface area contributed by atoms with Crippen LogP contribution in [-0.2, 0) is 0 Å². The largest absolute Gasteiger partial charge is 0.412 e. The van der Waals surface area contributed by atoms with E-state index in [-0.39, 0.29) is 122 Å². The van der Waals surface area contributed by atoms with Gasteiger partial charge in [-0.05, 0) is 0 Å². The second-order valence-corrected chi connectivity index (χ2v) is 0. The van der Waals surface area contributed by atoms with Gasteiger partial charge in [-0.2, -0.15) is 0 Å². The van der Waals surface area contributed by atoms with Crippen LogP contribution in [0.15, 0.2) is 0 Å². The van der Waals surface area contributed by atoms with E-state index in [1.807, 2.05) is 0 Å². The van der Waals surface area contributed by atoms with Crippen molar-refractivity contribution in [3.63, 3.8) is 0 Å². The zero-order chi connectivity index (χ0) is 0. The van der Waals surface area contributed by atoms with Crippen LogP contribution in [-0.4, -0.2) is 122 Å². The molecule has 0 saturated carbocycles. The fourth-order valence-electron chi connectivity index (χ4n) is 0. The first-order valence-corrected chi connectivity index (χ1v) is 0. The van der Waals surface area contributed by atoms with Crippen molar-refractivity contribution in [2.24, 2.45) is 0 Å². The average molecular weight is 161 g/mol. The molecule has 8 heavy (non-hydrogen) atoms. The Morgan fingerprint density at radius 2 is 0.625 bits per heavy atom. The summed E-state index contributed by atoms with van der Waals surface area (Å²) in [6.07, 6.45) is 0. The van der Waals surface area contributed by atoms with Crippen molar-refractivity contribution in [3.05, 3.63) is 0 Å². The van der Waals surface area contributed by atoms with E-state index in [0.717, 1.165) is 0 Å². The molecule has 0 amide bonds. The molecule has 3 nitrogen and oxygen atoms in total. The minimum absolute atomic E-state index is 0. The molecule has 6 N–H and O–H groups in total. The van der Waals surface area contributed by atoms with Gasteiger partial charge in [-0.15, -0.1) is 0 Å². The second-order valence-electron chi connectivity index (χ2n) is 0. The Morgan fingerprint density at radius 1 is 0.625 bits per heavy atom. The van der Waals surface area contributed by atoms with Gasteiger partial charge < -0.3 is 16.4 Å². The van der Waals surface area contributed by atoms with Crippen molar-refractivity contribution in [1.82, 2.24) is 0 Å². The third kappa shape index (κ3) is 60.0. The van der Waals surface area contributed by atoms with Gasteiger partial charge in [-0.25, -0.2) is 0 Å². The minimum Gasteiger partial charge on any atom is -0.412 e. The maximum absolute atomic E-state index is 0. The molecule has 0 saturated heterocycles. The Balaban J connectivity index is 0. The Morgan fingerprint density at radius 3 is 0.625 bits per heavy atom. The number of hydrogen-bond acceptors (Lipinski definition) is 0. The first-order chi connectivity index (χ1) is 0. The van der Waals surface area contributed by atoms with Crippen LogP contribution in [0.25, 0.3) is 0 Å². The van der Waals surface area contributed by atoms with Crippen molar-refractivity contribution < 1.29 is 16.4 Å². The summed E-state index contributed by atoms with van der Waals surface area (Å²) in [5, 5.41) is 0. The van der Waals surface area contributed by atoms with Crippen LogP contribution in [0.3, 0.4) is 0 Å². The fraction of sp³-hybridized carbons (Fsp3) is 0. The Kier molecular flexibility index (Phi) is 1180. The summed E-state index contributed by atoms with van der Waals surface area (Å²) < 4.78 is 0. The van der Waals surface area contributed by atoms with Crippen LogP contribution < -0.4 is 0 Å². The summed E-state index contributed by atoms with van der Waals surface area (Å²) in [4.78, 5) is 0. The van der Waals surface area contributed by atoms with Gasteiger partial charge in [0.05, 0.1) is 0 Å². The van der Waals surface area contributed by atoms with E-state index in [4.69, 9.17) is 0 Å². The van der Waals surface area contributed by atoms with Crippen LogP contribution in [0.1, 0.15) is 0 Å². The molecule has 0 bridgehead atoms. The molecule has 0 aliphatic rings. The molecule has 0 aliphatic heterocycles. The van der Waals surface area contributed by atoms with E-state index >= 15 is 0 Å². The van der Waals surface area contributed by atoms with Crippen molar-refractivity contribution in [2.45, 2.75) is 0 Å². The van der Waals surface area contributed by atoms with Gasteiger partial charge in [0.25, 0.3) is 0 Å². The molecule has 0 atom stereocenters. The summed E-state index contributed by atoms with van der Waals surface area (Å²) in [6, 6.07) is 0. The van der Waals surface area contributed by atoms with E-state index in [1.54, 1.807) is 0 Å². The molecule has 0 aliphatic carbocycles. The van der Waals surface area contributed by atoms with Crippen LogP contribution in [0, 0.1) is 0 Å². The molecule has 0 aromatic heterocycles. The minimum atomic E-state index is 0. The summed E-state index contributed by atoms with van der Waals surface area (Å²) in [5.41, 5.74) is 0. The van der Waals surface area contributed by atoms with Gasteiger partial charge in [-0.3, -0.25) is 0 Å². The molecule has 0 rings (SSSR count). The van der Waals surface area contributed by atoms with Gasteiger partial charge in [0, 0.05) is 105 Å². The molecule has 0 spiro atoms. The Labute approximate surface area is 120 Å². The Hall–Kier alpha value is 3.23. The first kappa shape index (κ1) is 113. The monoisotopic (exact) mass is 160 g/mol. The van der Waals surface area contributed by atoms with Crippen LogP contribution in [0.5, 0.6) is 0 Å². The molecular weight excluding hydrogens is 155 g/mol. The SMILES string of the molecule is O.O.O.[Li].[Mg].[Mg].[Na].[Si]. The zero-order valence-corrected chi connectivity index (χ0v) is 11.2. The predicted octanol–water partition coefficient (Wildman–Crippen LogP) is -4.38. The topological polar surface area (TPSA) is 94.5 Å². The average Bonchev–Trinajstić information content (AvgIpc) is 0. The van der Waals surface area contributed by atoms with Gasteiger partial charge in [-0.1, -0.05) is 0 Å². The van der Waals surface area contributed by atoms with E-state index in [1.165, 1.54) is 0 Å². The van der Waals surface area contributed by atoms with Gasteiger partial charge >= 0.3 is 0 Å². The van der Waals surface area contributed by atoms with Crippen LogP contribution in [0.4, 0.5) is 0 Å². The standard InChI is InChI=1S/Li.2Mg.Na.3H2O.Si/h;;;;3*1H2;. The van der Waals surface area contributed by atoms with Crippen molar-refractivity contribution in [3.8, 4) is 0 Å². The molecule has 0 unspecified atom stereocenters. The maximum Gasteiger partial charge on any atom is 0 e. The number of rotatable bonds is 0. The molecule has 10 radical (unpaired) electrons. The van der Waals surface area contributed by atoms with E-state index < -0.39 is 0 Å². The first-order valence-electron chi connectivity index (χ1n) is 0. The maximum atomic E-state index is 0. The number of hydrogen-bond donors (Lipinski definition) is 0. The second kappa shape index (κ2) is 83.6. The summed E-state index contributed by atoms with van der Waals surface area (Å²) in [7, 11) is 0. The molecule has 0 heterocycles. The normalized spacial score (nSPS) is 0. The smallest absolute Gasteiger partial charge is 0 e. The third-order valence-corrected chi connectivity index (χ3v) is 0. The zero-order valence-electron chi connectivity index (χ0n) is 5.41. The molecular formula is H6LiMg2NaO3Si. The molecule has 8 heteroatoms. The molecule has 0 aromatic carbocycles. The molecule has 0 aromatic rings. The molecule has 0 fully saturated rings. The van der Waals surface area contributed by atoms with Crippen molar-refractivity contribution in [1.29, 1.82) is 0 Å². The van der Waals surface area contributed by atoms with Crippen molar-refractivity contribution in [2.75, 3.05) is 0 Å².